The Balaban J connectivity index is 1.39. The van der Waals surface area contributed by atoms with Crippen LogP contribution in [-0.4, -0.2) is 52.6 Å². The van der Waals surface area contributed by atoms with Crippen molar-refractivity contribution in [2.24, 2.45) is 5.92 Å². The second-order valence-corrected chi connectivity index (χ2v) is 12.0. The number of hydrogen-bond donors (Lipinski definition) is 4. The van der Waals surface area contributed by atoms with Gasteiger partial charge in [0.1, 0.15) is 4.21 Å². The van der Waals surface area contributed by atoms with Crippen LogP contribution in [0.5, 0.6) is 0 Å². The normalized spacial score (nSPS) is 16.5. The Morgan fingerprint density at radius 3 is 2.91 bits per heavy atom. The molecule has 2 aliphatic rings. The molecule has 1 saturated carbocycles. The summed E-state index contributed by atoms with van der Waals surface area (Å²) in [7, 11) is -3.55. The van der Waals surface area contributed by atoms with Gasteiger partial charge >= 0.3 is 0 Å². The first-order chi connectivity index (χ1) is 17.0. The first-order valence-corrected chi connectivity index (χ1v) is 13.9. The minimum Gasteiger partial charge on any atom is -0.329 e. The van der Waals surface area contributed by atoms with Gasteiger partial charge < -0.3 is 10.6 Å². The molecule has 182 valence electrons. The quantitative estimate of drug-likeness (QED) is 0.286. The van der Waals surface area contributed by atoms with E-state index in [2.05, 4.69) is 36.6 Å². The van der Waals surface area contributed by atoms with E-state index in [0.717, 1.165) is 54.9 Å². The lowest BCUT2D eigenvalue weighted by Gasteiger charge is -2.16. The number of rotatable bonds is 8. The molecule has 12 heteroatoms. The molecule has 1 aliphatic carbocycles. The van der Waals surface area contributed by atoms with Crippen molar-refractivity contribution in [3.8, 4) is 11.3 Å². The van der Waals surface area contributed by atoms with Crippen molar-refractivity contribution in [2.75, 3.05) is 25.0 Å². The number of H-pyrrole nitrogens is 1. The number of thiophene rings is 1. The molecule has 6 rings (SSSR count). The number of aromatic nitrogens is 5. The summed E-state index contributed by atoms with van der Waals surface area (Å²) in [5.74, 6) is 1.04. The molecule has 0 unspecified atom stereocenters. The molecule has 0 saturated heterocycles. The van der Waals surface area contributed by atoms with E-state index >= 15 is 0 Å². The first-order valence-electron chi connectivity index (χ1n) is 11.6. The van der Waals surface area contributed by atoms with Crippen molar-refractivity contribution in [1.82, 2.24) is 34.6 Å². The second-order valence-electron chi connectivity index (χ2n) is 8.99. The van der Waals surface area contributed by atoms with Crippen molar-refractivity contribution in [3.05, 3.63) is 48.2 Å². The Morgan fingerprint density at radius 1 is 1.29 bits per heavy atom. The second kappa shape index (κ2) is 8.86. The van der Waals surface area contributed by atoms with Crippen LogP contribution in [0, 0.1) is 12.8 Å². The molecule has 0 aromatic carbocycles. The predicted octanol–water partition coefficient (Wildman–Crippen LogP) is 3.30. The van der Waals surface area contributed by atoms with Crippen molar-refractivity contribution in [3.63, 3.8) is 0 Å². The molecule has 0 radical (unpaired) electrons. The lowest BCUT2D eigenvalue weighted by molar-refractivity contribution is 0.579. The molecule has 4 aromatic rings. The van der Waals surface area contributed by atoms with Crippen LogP contribution in [0.25, 0.3) is 22.5 Å². The summed E-state index contributed by atoms with van der Waals surface area (Å²) in [5.41, 5.74) is 5.11. The molecule has 1 aliphatic heterocycles. The standard InChI is InChI=1S/C23H26N8O2S2/c1-14-7-20(34-23(14)35(32,33)28-8-15-4-5-15)30-21-22-25-12-19(17-10-26-27-11-17)31(22)13-18(29-21)16-3-2-6-24-9-16/h3,7,10-13,15,24,28H,2,4-6,8-9H2,1H3,(H,26,27)(H,29,30). The number of imidazole rings is 1. The van der Waals surface area contributed by atoms with Crippen molar-refractivity contribution >= 4 is 43.4 Å². The zero-order valence-electron chi connectivity index (χ0n) is 19.2. The summed E-state index contributed by atoms with van der Waals surface area (Å²) in [4.78, 5) is 9.52. The van der Waals surface area contributed by atoms with Gasteiger partial charge in [0.15, 0.2) is 11.5 Å². The highest BCUT2D eigenvalue weighted by Crippen LogP contribution is 2.35. The summed E-state index contributed by atoms with van der Waals surface area (Å²) in [6.45, 7) is 4.00. The third-order valence-corrected chi connectivity index (χ3v) is 9.47. The Bertz CT molecular complexity index is 1510. The number of fused-ring (bicyclic) bond motifs is 1. The van der Waals surface area contributed by atoms with E-state index in [9.17, 15) is 8.42 Å². The molecule has 35 heavy (non-hydrogen) atoms. The van der Waals surface area contributed by atoms with Crippen molar-refractivity contribution in [1.29, 1.82) is 0 Å². The summed E-state index contributed by atoms with van der Waals surface area (Å²) < 4.78 is 30.8. The summed E-state index contributed by atoms with van der Waals surface area (Å²) >= 11 is 1.21. The molecule has 4 N–H and O–H groups in total. The Kier molecular flexibility index (Phi) is 5.67. The maximum atomic E-state index is 12.9. The van der Waals surface area contributed by atoms with E-state index in [0.29, 0.717) is 38.7 Å². The molecule has 0 atom stereocenters. The Morgan fingerprint density at radius 2 is 2.17 bits per heavy atom. The van der Waals surface area contributed by atoms with Crippen LogP contribution < -0.4 is 15.4 Å². The van der Waals surface area contributed by atoms with Crippen LogP contribution in [0.2, 0.25) is 0 Å². The highest BCUT2D eigenvalue weighted by Gasteiger charge is 2.27. The van der Waals surface area contributed by atoms with Gasteiger partial charge in [0.2, 0.25) is 10.0 Å². The lowest BCUT2D eigenvalue weighted by Crippen LogP contribution is -2.25. The maximum Gasteiger partial charge on any atom is 0.250 e. The molecule has 0 spiro atoms. The minimum absolute atomic E-state index is 0.328. The van der Waals surface area contributed by atoms with Gasteiger partial charge in [0, 0.05) is 31.0 Å². The van der Waals surface area contributed by atoms with E-state index in [-0.39, 0.29) is 0 Å². The van der Waals surface area contributed by atoms with Gasteiger partial charge in [-0.25, -0.2) is 23.1 Å². The number of hydrogen-bond acceptors (Lipinski definition) is 8. The molecule has 10 nitrogen and oxygen atoms in total. The zero-order valence-corrected chi connectivity index (χ0v) is 20.8. The van der Waals surface area contributed by atoms with E-state index in [1.807, 2.05) is 29.8 Å². The fraction of sp³-hybridized carbons (Fsp3) is 0.348. The van der Waals surface area contributed by atoms with Gasteiger partial charge in [-0.05, 0) is 55.9 Å². The maximum absolute atomic E-state index is 12.9. The highest BCUT2D eigenvalue weighted by atomic mass is 32.2. The summed E-state index contributed by atoms with van der Waals surface area (Å²) in [6.07, 6.45) is 12.7. The molecule has 4 aromatic heterocycles. The number of nitrogens with one attached hydrogen (secondary N) is 4. The van der Waals surface area contributed by atoms with Gasteiger partial charge in [0.05, 0.1) is 28.8 Å². The Labute approximate surface area is 206 Å². The number of aromatic amines is 1. The van der Waals surface area contributed by atoms with Gasteiger partial charge in [-0.3, -0.25) is 9.50 Å². The van der Waals surface area contributed by atoms with Crippen LogP contribution in [0.3, 0.4) is 0 Å². The first kappa shape index (κ1) is 22.4. The van der Waals surface area contributed by atoms with Gasteiger partial charge in [-0.2, -0.15) is 5.10 Å². The van der Waals surface area contributed by atoms with E-state index in [4.69, 9.17) is 4.98 Å². The van der Waals surface area contributed by atoms with E-state index < -0.39 is 10.0 Å². The largest absolute Gasteiger partial charge is 0.329 e. The number of anilines is 2. The number of sulfonamides is 1. The van der Waals surface area contributed by atoms with Gasteiger partial charge in [0.25, 0.3) is 0 Å². The summed E-state index contributed by atoms with van der Waals surface area (Å²) in [6, 6.07) is 1.85. The molecule has 0 amide bonds. The fourth-order valence-corrected chi connectivity index (χ4v) is 6.95. The fourth-order valence-electron chi connectivity index (χ4n) is 4.20. The third-order valence-electron chi connectivity index (χ3n) is 6.26. The zero-order chi connectivity index (χ0) is 24.0. The third kappa shape index (κ3) is 4.49. The van der Waals surface area contributed by atoms with Crippen molar-refractivity contribution in [2.45, 2.75) is 30.4 Å². The number of aryl methyl sites for hydroxylation is 1. The monoisotopic (exact) mass is 510 g/mol. The smallest absolute Gasteiger partial charge is 0.250 e. The van der Waals surface area contributed by atoms with Crippen LogP contribution in [0.1, 0.15) is 30.5 Å². The molecule has 0 bridgehead atoms. The summed E-state index contributed by atoms with van der Waals surface area (Å²) in [5, 5.41) is 14.4. The van der Waals surface area contributed by atoms with Gasteiger partial charge in [-0.1, -0.05) is 6.08 Å². The van der Waals surface area contributed by atoms with Crippen LogP contribution in [-0.2, 0) is 10.0 Å². The van der Waals surface area contributed by atoms with E-state index in [1.54, 1.807) is 12.4 Å². The SMILES string of the molecule is Cc1cc(Nc2nc(C3=CCCNC3)cn3c(-c4cn[nH]c4)cnc23)sc1S(=O)(=O)NCC1CC1. The van der Waals surface area contributed by atoms with Gasteiger partial charge in [-0.15, -0.1) is 11.3 Å². The Hall–Kier alpha value is -3.06. The van der Waals surface area contributed by atoms with Crippen LogP contribution in [0.4, 0.5) is 10.8 Å². The average molecular weight is 511 g/mol. The number of nitrogens with zero attached hydrogens (tertiary/aromatic N) is 4. The minimum atomic E-state index is -3.55. The molecule has 1 fully saturated rings. The van der Waals surface area contributed by atoms with Crippen LogP contribution in [0.15, 0.2) is 41.1 Å². The molecular formula is C23H26N8O2S2. The molecule has 5 heterocycles. The topological polar surface area (TPSA) is 129 Å². The van der Waals surface area contributed by atoms with E-state index in [1.165, 1.54) is 11.3 Å². The highest BCUT2D eigenvalue weighted by molar-refractivity contribution is 7.91. The average Bonchev–Trinajstić information content (AvgIpc) is 3.20. The van der Waals surface area contributed by atoms with Crippen molar-refractivity contribution < 1.29 is 8.42 Å². The lowest BCUT2D eigenvalue weighted by atomic mass is 10.1. The predicted molar refractivity (Wildman–Crippen MR) is 136 cm³/mol. The molecular weight excluding hydrogens is 484 g/mol. The van der Waals surface area contributed by atoms with Crippen LogP contribution >= 0.6 is 11.3 Å².